The number of carbonyl (C=O) groups is 1. The Morgan fingerprint density at radius 1 is 0.963 bits per heavy atom. The summed E-state index contributed by atoms with van der Waals surface area (Å²) < 4.78 is 16.5. The Balaban J connectivity index is 1.87. The quantitative estimate of drug-likeness (QED) is 0.578. The molecule has 0 radical (unpaired) electrons. The van der Waals surface area contributed by atoms with Crippen LogP contribution in [0.2, 0.25) is 0 Å². The Hall–Kier alpha value is -2.53. The number of ether oxygens (including phenoxy) is 3. The summed E-state index contributed by atoms with van der Waals surface area (Å²) in [4.78, 5) is 12.4. The summed E-state index contributed by atoms with van der Waals surface area (Å²) in [6.45, 7) is 8.63. The fourth-order valence-corrected chi connectivity index (χ4v) is 2.34. The van der Waals surface area contributed by atoms with Crippen LogP contribution in [0.25, 0.3) is 0 Å². The van der Waals surface area contributed by atoms with Crippen LogP contribution in [0.5, 0.6) is 11.5 Å². The van der Waals surface area contributed by atoms with Crippen molar-refractivity contribution in [1.82, 2.24) is 0 Å². The highest BCUT2D eigenvalue weighted by molar-refractivity contribution is 6.04. The van der Waals surface area contributed by atoms with Crippen molar-refractivity contribution in [1.29, 1.82) is 0 Å². The van der Waals surface area contributed by atoms with Crippen LogP contribution in [-0.2, 0) is 4.74 Å². The van der Waals surface area contributed by atoms with Gasteiger partial charge in [-0.25, -0.2) is 0 Å². The molecule has 0 aromatic heterocycles. The lowest BCUT2D eigenvalue weighted by Crippen LogP contribution is -2.12. The van der Waals surface area contributed by atoms with Gasteiger partial charge in [0.1, 0.15) is 18.1 Å². The zero-order valence-corrected chi connectivity index (χ0v) is 16.4. The third-order valence-electron chi connectivity index (χ3n) is 3.87. The molecule has 1 amide bonds. The second kappa shape index (κ2) is 11.2. The zero-order valence-electron chi connectivity index (χ0n) is 16.4. The molecule has 146 valence electrons. The number of hydrogen-bond acceptors (Lipinski definition) is 4. The van der Waals surface area contributed by atoms with Gasteiger partial charge in [-0.1, -0.05) is 19.9 Å². The first kappa shape index (κ1) is 20.8. The van der Waals surface area contributed by atoms with Crippen LogP contribution in [0.3, 0.4) is 0 Å². The van der Waals surface area contributed by atoms with Crippen molar-refractivity contribution in [2.45, 2.75) is 27.2 Å². The number of amides is 1. The molecule has 0 fully saturated rings. The van der Waals surface area contributed by atoms with Gasteiger partial charge in [0.15, 0.2) is 0 Å². The molecule has 0 aliphatic carbocycles. The Labute approximate surface area is 161 Å². The third-order valence-corrected chi connectivity index (χ3v) is 3.87. The number of hydrogen-bond donors (Lipinski definition) is 1. The second-order valence-electron chi connectivity index (χ2n) is 6.58. The highest BCUT2D eigenvalue weighted by atomic mass is 16.5. The van der Waals surface area contributed by atoms with Crippen molar-refractivity contribution in [2.24, 2.45) is 5.92 Å². The van der Waals surface area contributed by atoms with E-state index in [1.54, 1.807) is 18.2 Å². The van der Waals surface area contributed by atoms with Gasteiger partial charge < -0.3 is 19.5 Å². The molecule has 0 unspecified atom stereocenters. The van der Waals surface area contributed by atoms with Crippen LogP contribution in [0.1, 0.15) is 37.6 Å². The minimum Gasteiger partial charge on any atom is -0.494 e. The molecule has 5 heteroatoms. The molecule has 0 spiro atoms. The summed E-state index contributed by atoms with van der Waals surface area (Å²) in [5.74, 6) is 1.91. The van der Waals surface area contributed by atoms with Crippen molar-refractivity contribution >= 4 is 11.6 Å². The first-order valence-electron chi connectivity index (χ1n) is 9.43. The molecule has 0 atom stereocenters. The Bertz CT molecular complexity index is 698. The van der Waals surface area contributed by atoms with Gasteiger partial charge in [0.2, 0.25) is 0 Å². The fourth-order valence-electron chi connectivity index (χ4n) is 2.34. The van der Waals surface area contributed by atoms with E-state index in [0.29, 0.717) is 49.3 Å². The average molecular weight is 371 g/mol. The predicted molar refractivity (Wildman–Crippen MR) is 108 cm³/mol. The van der Waals surface area contributed by atoms with E-state index in [1.165, 1.54) is 0 Å². The number of carbonyl (C=O) groups excluding carboxylic acids is 1. The van der Waals surface area contributed by atoms with Gasteiger partial charge in [-0.05, 0) is 55.7 Å². The largest absolute Gasteiger partial charge is 0.494 e. The van der Waals surface area contributed by atoms with E-state index in [4.69, 9.17) is 14.2 Å². The van der Waals surface area contributed by atoms with Gasteiger partial charge in [0.25, 0.3) is 5.91 Å². The first-order chi connectivity index (χ1) is 13.1. The highest BCUT2D eigenvalue weighted by Crippen LogP contribution is 2.19. The van der Waals surface area contributed by atoms with Crippen LogP contribution < -0.4 is 14.8 Å². The molecule has 2 aromatic rings. The highest BCUT2D eigenvalue weighted by Gasteiger charge is 2.07. The SMILES string of the molecule is CCOCCOc1cccc(NC(=O)c2ccc(OCCC(C)C)cc2)c1. The van der Waals surface area contributed by atoms with E-state index in [-0.39, 0.29) is 5.91 Å². The van der Waals surface area contributed by atoms with Crippen molar-refractivity contribution in [3.8, 4) is 11.5 Å². The standard InChI is InChI=1S/C22H29NO4/c1-4-25-14-15-27-21-7-5-6-19(16-21)23-22(24)18-8-10-20(11-9-18)26-13-12-17(2)3/h5-11,16-17H,4,12-15H2,1-3H3,(H,23,24). The summed E-state index contributed by atoms with van der Waals surface area (Å²) in [7, 11) is 0. The Morgan fingerprint density at radius 2 is 1.70 bits per heavy atom. The summed E-state index contributed by atoms with van der Waals surface area (Å²) in [5.41, 5.74) is 1.26. The van der Waals surface area contributed by atoms with E-state index in [9.17, 15) is 4.79 Å². The lowest BCUT2D eigenvalue weighted by molar-refractivity contribution is 0.102. The molecule has 2 aromatic carbocycles. The molecule has 0 saturated heterocycles. The van der Waals surface area contributed by atoms with E-state index in [2.05, 4.69) is 19.2 Å². The topological polar surface area (TPSA) is 56.8 Å². The second-order valence-corrected chi connectivity index (χ2v) is 6.58. The van der Waals surface area contributed by atoms with Gasteiger partial charge >= 0.3 is 0 Å². The molecule has 5 nitrogen and oxygen atoms in total. The zero-order chi connectivity index (χ0) is 19.5. The third kappa shape index (κ3) is 7.71. The molecule has 0 aliphatic heterocycles. The molecule has 2 rings (SSSR count). The first-order valence-corrected chi connectivity index (χ1v) is 9.43. The van der Waals surface area contributed by atoms with Crippen molar-refractivity contribution in [2.75, 3.05) is 31.7 Å². The smallest absolute Gasteiger partial charge is 0.255 e. The minimum absolute atomic E-state index is 0.171. The molecule has 0 bridgehead atoms. The maximum absolute atomic E-state index is 12.4. The molecule has 1 N–H and O–H groups in total. The maximum atomic E-state index is 12.4. The summed E-state index contributed by atoms with van der Waals surface area (Å²) in [5, 5.41) is 2.89. The van der Waals surface area contributed by atoms with Crippen LogP contribution >= 0.6 is 0 Å². The number of anilines is 1. The number of nitrogens with one attached hydrogen (secondary N) is 1. The maximum Gasteiger partial charge on any atom is 0.255 e. The normalized spacial score (nSPS) is 10.7. The molecule has 0 heterocycles. The van der Waals surface area contributed by atoms with Crippen molar-refractivity contribution < 1.29 is 19.0 Å². The van der Waals surface area contributed by atoms with Crippen LogP contribution in [-0.4, -0.2) is 32.3 Å². The Morgan fingerprint density at radius 3 is 2.41 bits per heavy atom. The van der Waals surface area contributed by atoms with E-state index in [1.807, 2.05) is 37.3 Å². The summed E-state index contributed by atoms with van der Waals surface area (Å²) in [6.07, 6.45) is 1.01. The van der Waals surface area contributed by atoms with Crippen LogP contribution in [0, 0.1) is 5.92 Å². The molecular weight excluding hydrogens is 342 g/mol. The monoisotopic (exact) mass is 371 g/mol. The van der Waals surface area contributed by atoms with Gasteiger partial charge in [-0.15, -0.1) is 0 Å². The van der Waals surface area contributed by atoms with Crippen molar-refractivity contribution in [3.05, 3.63) is 54.1 Å². The lowest BCUT2D eigenvalue weighted by Gasteiger charge is -2.10. The molecule has 0 aliphatic rings. The molecule has 27 heavy (non-hydrogen) atoms. The van der Waals surface area contributed by atoms with E-state index in [0.717, 1.165) is 12.2 Å². The van der Waals surface area contributed by atoms with Gasteiger partial charge in [-0.2, -0.15) is 0 Å². The number of benzene rings is 2. The Kier molecular flexibility index (Phi) is 8.65. The summed E-state index contributed by atoms with van der Waals surface area (Å²) in [6, 6.07) is 14.5. The molecular formula is C22H29NO4. The van der Waals surface area contributed by atoms with E-state index < -0.39 is 0 Å². The van der Waals surface area contributed by atoms with Crippen molar-refractivity contribution in [3.63, 3.8) is 0 Å². The van der Waals surface area contributed by atoms with E-state index >= 15 is 0 Å². The van der Waals surface area contributed by atoms with Crippen LogP contribution in [0.15, 0.2) is 48.5 Å². The lowest BCUT2D eigenvalue weighted by atomic mass is 10.1. The molecule has 0 saturated carbocycles. The fraction of sp³-hybridized carbons (Fsp3) is 0.409. The number of rotatable bonds is 11. The predicted octanol–water partition coefficient (Wildman–Crippen LogP) is 4.78. The average Bonchev–Trinajstić information content (AvgIpc) is 2.66. The summed E-state index contributed by atoms with van der Waals surface area (Å²) >= 11 is 0. The van der Waals surface area contributed by atoms with Gasteiger partial charge in [0, 0.05) is 23.9 Å². The van der Waals surface area contributed by atoms with Gasteiger partial charge in [-0.3, -0.25) is 4.79 Å². The minimum atomic E-state index is -0.171. The van der Waals surface area contributed by atoms with Crippen LogP contribution in [0.4, 0.5) is 5.69 Å². The van der Waals surface area contributed by atoms with Gasteiger partial charge in [0.05, 0.1) is 13.2 Å².